The highest BCUT2D eigenvalue weighted by Crippen LogP contribution is 2.30. The lowest BCUT2D eigenvalue weighted by Crippen LogP contribution is -2.01. The molecule has 0 atom stereocenters. The maximum atomic E-state index is 9.01. The summed E-state index contributed by atoms with van der Waals surface area (Å²) in [6.45, 7) is 0. The number of hydrogen-bond donors (Lipinski definition) is 1. The third-order valence-electron chi connectivity index (χ3n) is 2.96. The van der Waals surface area contributed by atoms with Crippen molar-refractivity contribution in [2.45, 2.75) is 0 Å². The zero-order chi connectivity index (χ0) is 14.3. The lowest BCUT2D eigenvalue weighted by atomic mass is 10.2. The molecular weight excluding hydrogens is 340 g/mol. The van der Waals surface area contributed by atoms with E-state index in [0.717, 1.165) is 15.5 Å². The Hall–Kier alpha value is -2.03. The SMILES string of the molecule is N#Cc1ccc(Cl)c(-n2c(N)nc3cc(Br)ccc32)c1. The number of nitrogen functional groups attached to an aromatic ring is 1. The van der Waals surface area contributed by atoms with Gasteiger partial charge in [0, 0.05) is 4.47 Å². The highest BCUT2D eigenvalue weighted by atomic mass is 79.9. The maximum Gasteiger partial charge on any atom is 0.205 e. The van der Waals surface area contributed by atoms with Crippen LogP contribution in [-0.2, 0) is 0 Å². The number of hydrogen-bond acceptors (Lipinski definition) is 3. The van der Waals surface area contributed by atoms with Gasteiger partial charge in [0.15, 0.2) is 0 Å². The Bertz CT molecular complexity index is 863. The number of benzene rings is 2. The maximum absolute atomic E-state index is 9.01. The van der Waals surface area contributed by atoms with Gasteiger partial charge in [-0.25, -0.2) is 4.98 Å². The van der Waals surface area contributed by atoms with Crippen molar-refractivity contribution < 1.29 is 0 Å². The molecule has 1 aromatic heterocycles. The van der Waals surface area contributed by atoms with Crippen molar-refractivity contribution >= 4 is 44.5 Å². The fourth-order valence-electron chi connectivity index (χ4n) is 2.08. The van der Waals surface area contributed by atoms with Crippen LogP contribution in [0.1, 0.15) is 5.56 Å². The minimum absolute atomic E-state index is 0.329. The molecule has 20 heavy (non-hydrogen) atoms. The molecule has 0 spiro atoms. The number of nitrogens with two attached hydrogens (primary N) is 1. The van der Waals surface area contributed by atoms with Gasteiger partial charge in [0.25, 0.3) is 0 Å². The second-order valence-electron chi connectivity index (χ2n) is 4.22. The predicted molar refractivity (Wildman–Crippen MR) is 82.9 cm³/mol. The number of aromatic nitrogens is 2. The Balaban J connectivity index is 2.35. The van der Waals surface area contributed by atoms with Gasteiger partial charge in [-0.2, -0.15) is 5.26 Å². The van der Waals surface area contributed by atoms with E-state index in [1.54, 1.807) is 22.8 Å². The highest BCUT2D eigenvalue weighted by molar-refractivity contribution is 9.10. The van der Waals surface area contributed by atoms with E-state index in [9.17, 15) is 0 Å². The van der Waals surface area contributed by atoms with E-state index in [4.69, 9.17) is 22.6 Å². The molecule has 2 N–H and O–H groups in total. The predicted octanol–water partition coefficient (Wildman–Crippen LogP) is 3.90. The highest BCUT2D eigenvalue weighted by Gasteiger charge is 2.13. The van der Waals surface area contributed by atoms with E-state index in [1.165, 1.54) is 0 Å². The summed E-state index contributed by atoms with van der Waals surface area (Å²) in [5.74, 6) is 0.329. The first-order valence-electron chi connectivity index (χ1n) is 5.73. The quantitative estimate of drug-likeness (QED) is 0.726. The summed E-state index contributed by atoms with van der Waals surface area (Å²) in [5.41, 5.74) is 8.75. The van der Waals surface area contributed by atoms with Crippen molar-refractivity contribution in [1.29, 1.82) is 5.26 Å². The lowest BCUT2D eigenvalue weighted by molar-refractivity contribution is 1.11. The fourth-order valence-corrected chi connectivity index (χ4v) is 2.63. The molecule has 0 radical (unpaired) electrons. The van der Waals surface area contributed by atoms with Gasteiger partial charge in [-0.05, 0) is 36.4 Å². The van der Waals surface area contributed by atoms with E-state index in [0.29, 0.717) is 22.2 Å². The standard InChI is InChI=1S/C14H8BrClN4/c15-9-2-4-12-11(6-9)19-14(18)20(12)13-5-8(7-17)1-3-10(13)16/h1-6H,(H2,18,19). The Morgan fingerprint density at radius 2 is 2.05 bits per heavy atom. The molecule has 2 aromatic carbocycles. The van der Waals surface area contributed by atoms with Gasteiger partial charge >= 0.3 is 0 Å². The first-order valence-corrected chi connectivity index (χ1v) is 6.91. The van der Waals surface area contributed by atoms with Crippen molar-refractivity contribution in [3.8, 4) is 11.8 Å². The molecule has 1 heterocycles. The number of rotatable bonds is 1. The van der Waals surface area contributed by atoms with Gasteiger partial charge in [0.1, 0.15) is 0 Å². The lowest BCUT2D eigenvalue weighted by Gasteiger charge is -2.09. The van der Waals surface area contributed by atoms with Gasteiger partial charge < -0.3 is 5.73 Å². The van der Waals surface area contributed by atoms with Crippen LogP contribution >= 0.6 is 27.5 Å². The number of nitrogens with zero attached hydrogens (tertiary/aromatic N) is 3. The topological polar surface area (TPSA) is 67.6 Å². The molecule has 3 aromatic rings. The zero-order valence-electron chi connectivity index (χ0n) is 10.1. The molecule has 0 saturated carbocycles. The molecule has 0 fully saturated rings. The van der Waals surface area contributed by atoms with Gasteiger partial charge in [-0.15, -0.1) is 0 Å². The summed E-state index contributed by atoms with van der Waals surface area (Å²) in [4.78, 5) is 4.32. The van der Waals surface area contributed by atoms with Crippen LogP contribution in [0.15, 0.2) is 40.9 Å². The molecule has 0 saturated heterocycles. The van der Waals surface area contributed by atoms with Gasteiger partial charge in [0.05, 0.1) is 33.4 Å². The largest absolute Gasteiger partial charge is 0.369 e. The Morgan fingerprint density at radius 1 is 1.25 bits per heavy atom. The summed E-state index contributed by atoms with van der Waals surface area (Å²) < 4.78 is 2.66. The summed E-state index contributed by atoms with van der Waals surface area (Å²) in [6.07, 6.45) is 0. The fraction of sp³-hybridized carbons (Fsp3) is 0. The average molecular weight is 348 g/mol. The molecule has 0 aliphatic heterocycles. The van der Waals surface area contributed by atoms with Crippen molar-refractivity contribution in [3.63, 3.8) is 0 Å². The van der Waals surface area contributed by atoms with Crippen LogP contribution in [0.3, 0.4) is 0 Å². The molecular formula is C14H8BrClN4. The van der Waals surface area contributed by atoms with Crippen LogP contribution in [0.25, 0.3) is 16.7 Å². The van der Waals surface area contributed by atoms with Crippen molar-refractivity contribution in [1.82, 2.24) is 9.55 Å². The van der Waals surface area contributed by atoms with Crippen LogP contribution in [0.2, 0.25) is 5.02 Å². The monoisotopic (exact) mass is 346 g/mol. The van der Waals surface area contributed by atoms with E-state index in [1.807, 2.05) is 18.2 Å². The minimum Gasteiger partial charge on any atom is -0.369 e. The summed E-state index contributed by atoms with van der Waals surface area (Å²) in [6, 6.07) is 12.8. The molecule has 0 unspecified atom stereocenters. The van der Waals surface area contributed by atoms with Crippen LogP contribution in [0, 0.1) is 11.3 Å². The molecule has 0 aliphatic carbocycles. The van der Waals surface area contributed by atoms with E-state index >= 15 is 0 Å². The first kappa shape index (κ1) is 13.0. The Labute approximate surface area is 128 Å². The number of anilines is 1. The normalized spacial score (nSPS) is 10.7. The number of fused-ring (bicyclic) bond motifs is 1. The van der Waals surface area contributed by atoms with Crippen LogP contribution in [0.5, 0.6) is 0 Å². The number of nitriles is 1. The van der Waals surface area contributed by atoms with Crippen LogP contribution in [-0.4, -0.2) is 9.55 Å². The molecule has 6 heteroatoms. The molecule has 3 rings (SSSR count). The molecule has 0 bridgehead atoms. The van der Waals surface area contributed by atoms with Crippen molar-refractivity contribution in [2.75, 3.05) is 5.73 Å². The van der Waals surface area contributed by atoms with Gasteiger partial charge in [0.2, 0.25) is 5.95 Å². The van der Waals surface area contributed by atoms with Crippen molar-refractivity contribution in [2.24, 2.45) is 0 Å². The third kappa shape index (κ3) is 2.03. The van der Waals surface area contributed by atoms with Gasteiger partial charge in [-0.1, -0.05) is 27.5 Å². The van der Waals surface area contributed by atoms with Crippen LogP contribution in [0.4, 0.5) is 5.95 Å². The minimum atomic E-state index is 0.329. The summed E-state index contributed by atoms with van der Waals surface area (Å²) >= 11 is 9.63. The smallest absolute Gasteiger partial charge is 0.205 e. The van der Waals surface area contributed by atoms with Gasteiger partial charge in [-0.3, -0.25) is 4.57 Å². The van der Waals surface area contributed by atoms with E-state index in [2.05, 4.69) is 27.0 Å². The molecule has 98 valence electrons. The second kappa shape index (κ2) is 4.82. The third-order valence-corrected chi connectivity index (χ3v) is 3.77. The average Bonchev–Trinajstić information content (AvgIpc) is 2.74. The van der Waals surface area contributed by atoms with E-state index in [-0.39, 0.29) is 0 Å². The van der Waals surface area contributed by atoms with Crippen LogP contribution < -0.4 is 5.73 Å². The zero-order valence-corrected chi connectivity index (χ0v) is 12.5. The Morgan fingerprint density at radius 3 is 2.80 bits per heavy atom. The first-order chi connectivity index (χ1) is 9.60. The van der Waals surface area contributed by atoms with E-state index < -0.39 is 0 Å². The van der Waals surface area contributed by atoms with Crippen molar-refractivity contribution in [3.05, 3.63) is 51.5 Å². The number of halogens is 2. The number of imidazole rings is 1. The second-order valence-corrected chi connectivity index (χ2v) is 5.54. The summed E-state index contributed by atoms with van der Waals surface area (Å²) in [7, 11) is 0. The Kier molecular flexibility index (Phi) is 3.13. The molecule has 0 aliphatic rings. The molecule has 0 amide bonds. The molecule has 4 nitrogen and oxygen atoms in total. The summed E-state index contributed by atoms with van der Waals surface area (Å²) in [5, 5.41) is 9.53.